The molecule has 1 aromatic rings. The van der Waals surface area contributed by atoms with Gasteiger partial charge in [-0.1, -0.05) is 5.16 Å². The molecule has 1 N–H and O–H groups in total. The van der Waals surface area contributed by atoms with Crippen molar-refractivity contribution < 1.29 is 9.63 Å². The van der Waals surface area contributed by atoms with E-state index in [-0.39, 0.29) is 6.61 Å². The fraction of sp³-hybridized carbons (Fsp3) is 0.818. The van der Waals surface area contributed by atoms with Gasteiger partial charge in [0.1, 0.15) is 0 Å². The molecule has 5 heteroatoms. The smallest absolute Gasteiger partial charge is 0.240 e. The highest BCUT2D eigenvalue weighted by Crippen LogP contribution is 2.22. The van der Waals surface area contributed by atoms with E-state index >= 15 is 0 Å². The van der Waals surface area contributed by atoms with Gasteiger partial charge in [-0.3, -0.25) is 4.90 Å². The third-order valence-corrected chi connectivity index (χ3v) is 3.10. The number of aromatic nitrogens is 2. The Kier molecular flexibility index (Phi) is 3.90. The molecule has 16 heavy (non-hydrogen) atoms. The minimum atomic E-state index is 0.282. The molecule has 1 unspecified atom stereocenters. The molecule has 0 radical (unpaired) electrons. The van der Waals surface area contributed by atoms with Crippen LogP contribution in [0.5, 0.6) is 0 Å². The van der Waals surface area contributed by atoms with Gasteiger partial charge in [-0.2, -0.15) is 4.98 Å². The van der Waals surface area contributed by atoms with Crippen molar-refractivity contribution in [3.05, 3.63) is 11.7 Å². The van der Waals surface area contributed by atoms with Gasteiger partial charge in [-0.05, 0) is 39.2 Å². The number of nitrogens with zero attached hydrogens (tertiary/aromatic N) is 3. The lowest BCUT2D eigenvalue weighted by molar-refractivity contribution is 0.188. The highest BCUT2D eigenvalue weighted by atomic mass is 16.5. The van der Waals surface area contributed by atoms with E-state index in [2.05, 4.69) is 15.0 Å². The number of aliphatic hydroxyl groups excluding tert-OH is 1. The minimum Gasteiger partial charge on any atom is -0.396 e. The summed E-state index contributed by atoms with van der Waals surface area (Å²) in [4.78, 5) is 6.60. The zero-order valence-corrected chi connectivity index (χ0v) is 9.72. The second-order valence-electron chi connectivity index (χ2n) is 4.37. The summed E-state index contributed by atoms with van der Waals surface area (Å²) in [5.41, 5.74) is 0. The molecule has 90 valence electrons. The first-order valence-electron chi connectivity index (χ1n) is 5.93. The standard InChI is InChI=1S/C11H19N3O2/c1-9-12-11(16-13-9)8-14-6-2-4-10(14)5-3-7-15/h10,15H,2-8H2,1H3. The van der Waals surface area contributed by atoms with Gasteiger partial charge in [-0.15, -0.1) is 0 Å². The van der Waals surface area contributed by atoms with Gasteiger partial charge in [0.25, 0.3) is 0 Å². The van der Waals surface area contributed by atoms with Crippen molar-refractivity contribution >= 4 is 0 Å². The number of likely N-dealkylation sites (tertiary alicyclic amines) is 1. The van der Waals surface area contributed by atoms with Crippen molar-refractivity contribution in [1.82, 2.24) is 15.0 Å². The number of hydrogen-bond donors (Lipinski definition) is 1. The molecule has 5 nitrogen and oxygen atoms in total. The summed E-state index contributed by atoms with van der Waals surface area (Å²) in [6.45, 7) is 3.96. The zero-order chi connectivity index (χ0) is 11.4. The highest BCUT2D eigenvalue weighted by molar-refractivity contribution is 4.87. The average molecular weight is 225 g/mol. The van der Waals surface area contributed by atoms with Crippen molar-refractivity contribution in [3.63, 3.8) is 0 Å². The van der Waals surface area contributed by atoms with E-state index in [0.717, 1.165) is 25.9 Å². The topological polar surface area (TPSA) is 62.4 Å². The number of rotatable bonds is 5. The summed E-state index contributed by atoms with van der Waals surface area (Å²) in [5, 5.41) is 12.6. The van der Waals surface area contributed by atoms with Crippen LogP contribution in [-0.4, -0.2) is 39.3 Å². The third kappa shape index (κ3) is 2.80. The first kappa shape index (κ1) is 11.5. The monoisotopic (exact) mass is 225 g/mol. The highest BCUT2D eigenvalue weighted by Gasteiger charge is 2.25. The van der Waals surface area contributed by atoms with E-state index in [4.69, 9.17) is 9.63 Å². The normalized spacial score (nSPS) is 21.8. The predicted molar refractivity (Wildman–Crippen MR) is 58.8 cm³/mol. The van der Waals surface area contributed by atoms with Gasteiger partial charge in [0.2, 0.25) is 5.89 Å². The van der Waals surface area contributed by atoms with Gasteiger partial charge >= 0.3 is 0 Å². The lowest BCUT2D eigenvalue weighted by Gasteiger charge is -2.22. The number of hydrogen-bond acceptors (Lipinski definition) is 5. The summed E-state index contributed by atoms with van der Waals surface area (Å²) < 4.78 is 5.13. The molecule has 0 saturated carbocycles. The van der Waals surface area contributed by atoms with Crippen LogP contribution in [0, 0.1) is 6.92 Å². The molecule has 1 aromatic heterocycles. The summed E-state index contributed by atoms with van der Waals surface area (Å²) in [5.74, 6) is 1.40. The second-order valence-corrected chi connectivity index (χ2v) is 4.37. The summed E-state index contributed by atoms with van der Waals surface area (Å²) >= 11 is 0. The summed E-state index contributed by atoms with van der Waals surface area (Å²) in [6.07, 6.45) is 4.38. The molecule has 1 aliphatic heterocycles. The van der Waals surface area contributed by atoms with E-state index < -0.39 is 0 Å². The second kappa shape index (κ2) is 5.41. The van der Waals surface area contributed by atoms with Gasteiger partial charge in [-0.25, -0.2) is 0 Å². The van der Waals surface area contributed by atoms with Crippen LogP contribution in [0.1, 0.15) is 37.4 Å². The van der Waals surface area contributed by atoms with Crippen LogP contribution in [0.15, 0.2) is 4.52 Å². The van der Waals surface area contributed by atoms with Gasteiger partial charge in [0.05, 0.1) is 6.54 Å². The minimum absolute atomic E-state index is 0.282. The van der Waals surface area contributed by atoms with Gasteiger partial charge < -0.3 is 9.63 Å². The molecule has 0 bridgehead atoms. The predicted octanol–water partition coefficient (Wildman–Crippen LogP) is 1.11. The number of aryl methyl sites for hydroxylation is 1. The van der Waals surface area contributed by atoms with Crippen molar-refractivity contribution in [1.29, 1.82) is 0 Å². The van der Waals surface area contributed by atoms with E-state index in [0.29, 0.717) is 17.8 Å². The Morgan fingerprint density at radius 3 is 3.12 bits per heavy atom. The molecule has 2 rings (SSSR count). The molecular formula is C11H19N3O2. The lowest BCUT2D eigenvalue weighted by Crippen LogP contribution is -2.29. The largest absolute Gasteiger partial charge is 0.396 e. The van der Waals surface area contributed by atoms with Crippen molar-refractivity contribution in [2.45, 2.75) is 45.2 Å². The molecule has 1 atom stereocenters. The third-order valence-electron chi connectivity index (χ3n) is 3.10. The van der Waals surface area contributed by atoms with Crippen molar-refractivity contribution in [2.75, 3.05) is 13.2 Å². The molecule has 2 heterocycles. The zero-order valence-electron chi connectivity index (χ0n) is 9.72. The lowest BCUT2D eigenvalue weighted by atomic mass is 10.1. The average Bonchev–Trinajstić information content (AvgIpc) is 2.86. The van der Waals surface area contributed by atoms with E-state index in [1.807, 2.05) is 6.92 Å². The SMILES string of the molecule is Cc1noc(CN2CCCC2CCCO)n1. The van der Waals surface area contributed by atoms with Crippen molar-refractivity contribution in [3.8, 4) is 0 Å². The quantitative estimate of drug-likeness (QED) is 0.813. The van der Waals surface area contributed by atoms with Crippen LogP contribution in [0.3, 0.4) is 0 Å². The molecular weight excluding hydrogens is 206 g/mol. The van der Waals surface area contributed by atoms with E-state index in [1.165, 1.54) is 12.8 Å². The Bertz CT molecular complexity index is 327. The first-order valence-corrected chi connectivity index (χ1v) is 5.93. The van der Waals surface area contributed by atoms with Gasteiger partial charge in [0, 0.05) is 12.6 Å². The Morgan fingerprint density at radius 1 is 1.56 bits per heavy atom. The summed E-state index contributed by atoms with van der Waals surface area (Å²) in [7, 11) is 0. The van der Waals surface area contributed by atoms with Crippen LogP contribution in [0.2, 0.25) is 0 Å². The van der Waals surface area contributed by atoms with Crippen LogP contribution in [0.25, 0.3) is 0 Å². The van der Waals surface area contributed by atoms with Crippen LogP contribution < -0.4 is 0 Å². The van der Waals surface area contributed by atoms with E-state index in [9.17, 15) is 0 Å². The maximum absolute atomic E-state index is 8.85. The molecule has 1 aliphatic rings. The fourth-order valence-corrected chi connectivity index (χ4v) is 2.34. The Labute approximate surface area is 95.4 Å². The maximum atomic E-state index is 8.85. The summed E-state index contributed by atoms with van der Waals surface area (Å²) in [6, 6.07) is 0.569. The fourth-order valence-electron chi connectivity index (χ4n) is 2.34. The molecule has 0 aliphatic carbocycles. The molecule has 0 spiro atoms. The number of aliphatic hydroxyl groups is 1. The Balaban J connectivity index is 1.88. The maximum Gasteiger partial charge on any atom is 0.240 e. The Morgan fingerprint density at radius 2 is 2.44 bits per heavy atom. The van der Waals surface area contributed by atoms with E-state index in [1.54, 1.807) is 0 Å². The van der Waals surface area contributed by atoms with Gasteiger partial charge in [0.15, 0.2) is 5.82 Å². The van der Waals surface area contributed by atoms with Crippen LogP contribution in [0.4, 0.5) is 0 Å². The first-order chi connectivity index (χ1) is 7.79. The Hall–Kier alpha value is -0.940. The molecule has 1 fully saturated rings. The van der Waals surface area contributed by atoms with Crippen LogP contribution >= 0.6 is 0 Å². The van der Waals surface area contributed by atoms with Crippen LogP contribution in [-0.2, 0) is 6.54 Å². The molecule has 1 saturated heterocycles. The molecule has 0 aromatic carbocycles. The van der Waals surface area contributed by atoms with Crippen molar-refractivity contribution in [2.24, 2.45) is 0 Å². The molecule has 0 amide bonds.